The molecule has 0 bridgehead atoms. The number of esters is 1. The van der Waals surface area contributed by atoms with Crippen LogP contribution in [0.1, 0.15) is 36.7 Å². The largest absolute Gasteiger partial charge is 0.456 e. The van der Waals surface area contributed by atoms with Crippen molar-refractivity contribution in [3.63, 3.8) is 0 Å². The minimum atomic E-state index is -0.483. The zero-order valence-corrected chi connectivity index (χ0v) is 13.8. The lowest BCUT2D eigenvalue weighted by Gasteiger charge is -2.19. The van der Waals surface area contributed by atoms with Crippen LogP contribution in [0.15, 0.2) is 28.6 Å². The van der Waals surface area contributed by atoms with Gasteiger partial charge in [-0.3, -0.25) is 0 Å². The molecular weight excluding hydrogens is 306 g/mol. The molecule has 2 aromatic rings. The Morgan fingerprint density at radius 3 is 2.48 bits per heavy atom. The van der Waals surface area contributed by atoms with Crippen LogP contribution in [0.4, 0.5) is 5.13 Å². The molecule has 0 saturated heterocycles. The second-order valence-corrected chi connectivity index (χ2v) is 7.63. The summed E-state index contributed by atoms with van der Waals surface area (Å²) in [6.45, 7) is 5.55. The molecule has 0 atom stereocenters. The van der Waals surface area contributed by atoms with E-state index in [1.807, 2.05) is 32.9 Å². The molecule has 5 nitrogen and oxygen atoms in total. The van der Waals surface area contributed by atoms with Gasteiger partial charge in [0.2, 0.25) is 5.13 Å². The maximum absolute atomic E-state index is 11.9. The van der Waals surface area contributed by atoms with Crippen molar-refractivity contribution in [2.45, 2.75) is 36.5 Å². The SMILES string of the molecule is CC(C)(C)OC(=O)c1ccc(CSc2nnc(N)s2)cc1. The van der Waals surface area contributed by atoms with Gasteiger partial charge in [-0.2, -0.15) is 0 Å². The average molecular weight is 323 g/mol. The first-order chi connectivity index (χ1) is 9.83. The summed E-state index contributed by atoms with van der Waals surface area (Å²) < 4.78 is 6.16. The summed E-state index contributed by atoms with van der Waals surface area (Å²) in [5, 5.41) is 8.18. The Hall–Kier alpha value is -1.60. The minimum Gasteiger partial charge on any atom is -0.456 e. The molecule has 0 unspecified atom stereocenters. The van der Waals surface area contributed by atoms with E-state index >= 15 is 0 Å². The van der Waals surface area contributed by atoms with Gasteiger partial charge in [-0.15, -0.1) is 10.2 Å². The lowest BCUT2D eigenvalue weighted by Crippen LogP contribution is -2.23. The second kappa shape index (κ2) is 6.44. The Kier molecular flexibility index (Phi) is 4.84. The summed E-state index contributed by atoms with van der Waals surface area (Å²) >= 11 is 2.93. The Balaban J connectivity index is 1.94. The number of anilines is 1. The quantitative estimate of drug-likeness (QED) is 0.686. The predicted octanol–water partition coefficient (Wildman–Crippen LogP) is 3.37. The van der Waals surface area contributed by atoms with Gasteiger partial charge in [0.05, 0.1) is 5.56 Å². The highest BCUT2D eigenvalue weighted by molar-refractivity contribution is 8.00. The molecule has 2 rings (SSSR count). The van der Waals surface area contributed by atoms with Crippen LogP contribution in [0, 0.1) is 0 Å². The van der Waals surface area contributed by atoms with Gasteiger partial charge in [-0.1, -0.05) is 35.2 Å². The molecule has 21 heavy (non-hydrogen) atoms. The fraction of sp³-hybridized carbons (Fsp3) is 0.357. The van der Waals surface area contributed by atoms with E-state index in [1.54, 1.807) is 23.9 Å². The third-order valence-electron chi connectivity index (χ3n) is 2.37. The van der Waals surface area contributed by atoms with E-state index in [2.05, 4.69) is 10.2 Å². The van der Waals surface area contributed by atoms with Crippen LogP contribution in [0.2, 0.25) is 0 Å². The fourth-order valence-electron chi connectivity index (χ4n) is 1.50. The summed E-state index contributed by atoms with van der Waals surface area (Å²) in [4.78, 5) is 11.9. The van der Waals surface area contributed by atoms with Gasteiger partial charge in [0, 0.05) is 5.75 Å². The number of aromatic nitrogens is 2. The first kappa shape index (κ1) is 15.8. The van der Waals surface area contributed by atoms with E-state index in [0.29, 0.717) is 10.7 Å². The van der Waals surface area contributed by atoms with E-state index in [0.717, 1.165) is 15.7 Å². The molecule has 0 spiro atoms. The van der Waals surface area contributed by atoms with Crippen LogP contribution >= 0.6 is 23.1 Å². The van der Waals surface area contributed by atoms with Gasteiger partial charge in [-0.25, -0.2) is 4.79 Å². The number of nitrogens with zero attached hydrogens (tertiary/aromatic N) is 2. The molecule has 1 aromatic carbocycles. The third-order valence-corrected chi connectivity index (χ3v) is 4.33. The number of hydrogen-bond donors (Lipinski definition) is 1. The average Bonchev–Trinajstić information content (AvgIpc) is 2.81. The van der Waals surface area contributed by atoms with Crippen LogP contribution in [-0.4, -0.2) is 21.8 Å². The van der Waals surface area contributed by atoms with Crippen molar-refractivity contribution in [2.24, 2.45) is 0 Å². The smallest absolute Gasteiger partial charge is 0.338 e. The van der Waals surface area contributed by atoms with Gasteiger partial charge in [0.1, 0.15) is 5.60 Å². The summed E-state index contributed by atoms with van der Waals surface area (Å²) in [5.41, 5.74) is 6.70. The van der Waals surface area contributed by atoms with Crippen molar-refractivity contribution >= 4 is 34.2 Å². The first-order valence-electron chi connectivity index (χ1n) is 6.37. The zero-order chi connectivity index (χ0) is 15.5. The van der Waals surface area contributed by atoms with Gasteiger partial charge < -0.3 is 10.5 Å². The summed E-state index contributed by atoms with van der Waals surface area (Å²) in [6, 6.07) is 7.38. The molecule has 0 aliphatic carbocycles. The number of hydrogen-bond acceptors (Lipinski definition) is 7. The van der Waals surface area contributed by atoms with Crippen molar-refractivity contribution in [3.05, 3.63) is 35.4 Å². The van der Waals surface area contributed by atoms with E-state index in [-0.39, 0.29) is 5.97 Å². The molecule has 0 saturated carbocycles. The van der Waals surface area contributed by atoms with E-state index in [1.165, 1.54) is 11.3 Å². The van der Waals surface area contributed by atoms with Crippen molar-refractivity contribution in [1.82, 2.24) is 10.2 Å². The Morgan fingerprint density at radius 1 is 1.29 bits per heavy atom. The number of carbonyl (C=O) groups is 1. The van der Waals surface area contributed by atoms with Crippen molar-refractivity contribution in [2.75, 3.05) is 5.73 Å². The lowest BCUT2D eigenvalue weighted by molar-refractivity contribution is 0.00695. The molecule has 1 aromatic heterocycles. The predicted molar refractivity (Wildman–Crippen MR) is 85.5 cm³/mol. The molecule has 0 radical (unpaired) electrons. The van der Waals surface area contributed by atoms with Crippen molar-refractivity contribution in [3.8, 4) is 0 Å². The van der Waals surface area contributed by atoms with Crippen LogP contribution < -0.4 is 5.73 Å². The molecular formula is C14H17N3O2S2. The van der Waals surface area contributed by atoms with E-state index in [9.17, 15) is 4.79 Å². The molecule has 0 aliphatic heterocycles. The van der Waals surface area contributed by atoms with Crippen molar-refractivity contribution in [1.29, 1.82) is 0 Å². The summed E-state index contributed by atoms with van der Waals surface area (Å²) in [6.07, 6.45) is 0. The minimum absolute atomic E-state index is 0.307. The maximum Gasteiger partial charge on any atom is 0.338 e. The molecule has 1 heterocycles. The molecule has 112 valence electrons. The molecule has 0 fully saturated rings. The number of ether oxygens (including phenoxy) is 1. The number of carbonyl (C=O) groups excluding carboxylic acids is 1. The number of rotatable bonds is 4. The molecule has 7 heteroatoms. The highest BCUT2D eigenvalue weighted by atomic mass is 32.2. The summed E-state index contributed by atoms with van der Waals surface area (Å²) in [5.74, 6) is 0.446. The first-order valence-corrected chi connectivity index (χ1v) is 8.18. The van der Waals surface area contributed by atoms with Crippen molar-refractivity contribution < 1.29 is 9.53 Å². The molecule has 2 N–H and O–H groups in total. The van der Waals surface area contributed by atoms with Crippen LogP contribution in [-0.2, 0) is 10.5 Å². The van der Waals surface area contributed by atoms with Crippen LogP contribution in [0.25, 0.3) is 0 Å². The monoisotopic (exact) mass is 323 g/mol. The number of thioether (sulfide) groups is 1. The Labute approximate surface area is 131 Å². The standard InChI is InChI=1S/C14H17N3O2S2/c1-14(2,3)19-11(18)10-6-4-9(5-7-10)8-20-13-17-16-12(15)21-13/h4-7H,8H2,1-3H3,(H2,15,16). The van der Waals surface area contributed by atoms with Gasteiger partial charge >= 0.3 is 5.97 Å². The zero-order valence-electron chi connectivity index (χ0n) is 12.1. The maximum atomic E-state index is 11.9. The highest BCUT2D eigenvalue weighted by Crippen LogP contribution is 2.27. The molecule has 0 aliphatic rings. The lowest BCUT2D eigenvalue weighted by atomic mass is 10.1. The van der Waals surface area contributed by atoms with E-state index in [4.69, 9.17) is 10.5 Å². The van der Waals surface area contributed by atoms with Crippen LogP contribution in [0.3, 0.4) is 0 Å². The van der Waals surface area contributed by atoms with Crippen LogP contribution in [0.5, 0.6) is 0 Å². The van der Waals surface area contributed by atoms with Gasteiger partial charge in [-0.05, 0) is 38.5 Å². The number of benzene rings is 1. The van der Waals surface area contributed by atoms with Gasteiger partial charge in [0.25, 0.3) is 0 Å². The fourth-order valence-corrected chi connectivity index (χ4v) is 3.09. The van der Waals surface area contributed by atoms with Gasteiger partial charge in [0.15, 0.2) is 4.34 Å². The number of nitrogen functional groups attached to an aromatic ring is 1. The Bertz CT molecular complexity index is 618. The topological polar surface area (TPSA) is 78.1 Å². The highest BCUT2D eigenvalue weighted by Gasteiger charge is 2.17. The van der Waals surface area contributed by atoms with E-state index < -0.39 is 5.60 Å². The third kappa shape index (κ3) is 5.02. The Morgan fingerprint density at radius 2 is 1.95 bits per heavy atom. The number of nitrogens with two attached hydrogens (primary N) is 1. The normalized spacial score (nSPS) is 11.4. The second-order valence-electron chi connectivity index (χ2n) is 5.39. The molecule has 0 amide bonds. The summed E-state index contributed by atoms with van der Waals surface area (Å²) in [7, 11) is 0.